The second-order valence-electron chi connectivity index (χ2n) is 4.20. The highest BCUT2D eigenvalue weighted by Gasteiger charge is 2.22. The second kappa shape index (κ2) is 5.46. The van der Waals surface area contributed by atoms with Gasteiger partial charge in [-0.3, -0.25) is 4.79 Å². The van der Waals surface area contributed by atoms with Crippen LogP contribution < -0.4 is 5.73 Å². The predicted octanol–water partition coefficient (Wildman–Crippen LogP) is 0.905. The molecular weight excluding hydrogens is 238 g/mol. The molecule has 2 heterocycles. The van der Waals surface area contributed by atoms with E-state index in [9.17, 15) is 4.79 Å². The summed E-state index contributed by atoms with van der Waals surface area (Å²) in [5.41, 5.74) is 6.30. The van der Waals surface area contributed by atoms with Crippen LogP contribution in [-0.4, -0.2) is 42.1 Å². The molecule has 2 rings (SSSR count). The summed E-state index contributed by atoms with van der Waals surface area (Å²) >= 11 is 1.37. The molecule has 0 spiro atoms. The van der Waals surface area contributed by atoms with Crippen LogP contribution in [0, 0.1) is 0 Å². The Hall–Kier alpha value is -1.14. The maximum atomic E-state index is 12.0. The van der Waals surface area contributed by atoms with E-state index in [0.29, 0.717) is 17.6 Å². The van der Waals surface area contributed by atoms with Crippen LogP contribution in [0.2, 0.25) is 0 Å². The molecule has 2 N–H and O–H groups in total. The van der Waals surface area contributed by atoms with Crippen LogP contribution in [0.15, 0.2) is 5.38 Å². The number of hydrogen-bond acceptors (Lipinski definition) is 5. The van der Waals surface area contributed by atoms with E-state index in [-0.39, 0.29) is 5.91 Å². The maximum Gasteiger partial charge on any atom is 0.228 e. The van der Waals surface area contributed by atoms with Gasteiger partial charge in [-0.25, -0.2) is 4.98 Å². The third-order valence-corrected chi connectivity index (χ3v) is 3.76. The molecule has 17 heavy (non-hydrogen) atoms. The number of rotatable bonds is 3. The van der Waals surface area contributed by atoms with Crippen LogP contribution in [0.1, 0.15) is 18.5 Å². The van der Waals surface area contributed by atoms with Crippen molar-refractivity contribution < 1.29 is 9.53 Å². The van der Waals surface area contributed by atoms with Crippen LogP contribution in [0.3, 0.4) is 0 Å². The molecule has 0 bridgehead atoms. The number of nitrogens with zero attached hydrogens (tertiary/aromatic N) is 2. The first kappa shape index (κ1) is 12.3. The lowest BCUT2D eigenvalue weighted by Crippen LogP contribution is -2.41. The standard InChI is InChI=1S/C11H17N3O2S/c1-14(9-2-4-16-5-3-9)10(15)6-8-7-17-11(12)13-8/h7,9H,2-6H2,1H3,(H2,12,13). The van der Waals surface area contributed by atoms with Crippen molar-refractivity contribution in [1.82, 2.24) is 9.88 Å². The fourth-order valence-corrected chi connectivity index (χ4v) is 2.52. The minimum Gasteiger partial charge on any atom is -0.381 e. The first-order chi connectivity index (χ1) is 8.16. The summed E-state index contributed by atoms with van der Waals surface area (Å²) < 4.78 is 5.29. The molecule has 1 aliphatic rings. The van der Waals surface area contributed by atoms with Crippen molar-refractivity contribution >= 4 is 22.4 Å². The number of anilines is 1. The Balaban J connectivity index is 1.90. The number of hydrogen-bond donors (Lipinski definition) is 1. The van der Waals surface area contributed by atoms with Crippen molar-refractivity contribution in [3.05, 3.63) is 11.1 Å². The maximum absolute atomic E-state index is 12.0. The van der Waals surface area contributed by atoms with Crippen molar-refractivity contribution in [3.8, 4) is 0 Å². The van der Waals surface area contributed by atoms with Gasteiger partial charge in [-0.2, -0.15) is 0 Å². The summed E-state index contributed by atoms with van der Waals surface area (Å²) in [6.07, 6.45) is 2.17. The van der Waals surface area contributed by atoms with E-state index in [4.69, 9.17) is 10.5 Å². The van der Waals surface area contributed by atoms with Crippen molar-refractivity contribution in [2.45, 2.75) is 25.3 Å². The topological polar surface area (TPSA) is 68.5 Å². The van der Waals surface area contributed by atoms with Gasteiger partial charge in [-0.15, -0.1) is 11.3 Å². The molecular formula is C11H17N3O2S. The Morgan fingerprint density at radius 2 is 2.35 bits per heavy atom. The summed E-state index contributed by atoms with van der Waals surface area (Å²) in [5.74, 6) is 0.0993. The highest BCUT2D eigenvalue weighted by atomic mass is 32.1. The minimum atomic E-state index is 0.0993. The first-order valence-electron chi connectivity index (χ1n) is 5.70. The SMILES string of the molecule is CN(C(=O)Cc1csc(N)n1)C1CCOCC1. The number of aromatic nitrogens is 1. The summed E-state index contributed by atoms with van der Waals surface area (Å²) in [4.78, 5) is 17.9. The molecule has 0 aliphatic carbocycles. The quantitative estimate of drug-likeness (QED) is 0.871. The molecule has 1 aliphatic heterocycles. The zero-order valence-electron chi connectivity index (χ0n) is 9.89. The molecule has 5 nitrogen and oxygen atoms in total. The fourth-order valence-electron chi connectivity index (χ4n) is 1.96. The molecule has 1 aromatic rings. The van der Waals surface area contributed by atoms with Crippen LogP contribution in [0.5, 0.6) is 0 Å². The largest absolute Gasteiger partial charge is 0.381 e. The van der Waals surface area contributed by atoms with Crippen LogP contribution in [0.4, 0.5) is 5.13 Å². The number of nitrogen functional groups attached to an aromatic ring is 1. The van der Waals surface area contributed by atoms with Gasteiger partial charge in [0.2, 0.25) is 5.91 Å². The predicted molar refractivity (Wildman–Crippen MR) is 66.8 cm³/mol. The smallest absolute Gasteiger partial charge is 0.228 e. The van der Waals surface area contributed by atoms with Gasteiger partial charge in [0, 0.05) is 31.7 Å². The van der Waals surface area contributed by atoms with Gasteiger partial charge in [0.05, 0.1) is 12.1 Å². The van der Waals surface area contributed by atoms with E-state index in [1.54, 1.807) is 0 Å². The first-order valence-corrected chi connectivity index (χ1v) is 6.58. The van der Waals surface area contributed by atoms with E-state index in [1.807, 2.05) is 17.3 Å². The third kappa shape index (κ3) is 3.17. The molecule has 0 aromatic carbocycles. The Labute approximate surface area is 105 Å². The number of thiazole rings is 1. The number of likely N-dealkylation sites (N-methyl/N-ethyl adjacent to an activating group) is 1. The highest BCUT2D eigenvalue weighted by molar-refractivity contribution is 7.13. The van der Waals surface area contributed by atoms with Crippen molar-refractivity contribution in [2.24, 2.45) is 0 Å². The van der Waals surface area contributed by atoms with Crippen LogP contribution >= 0.6 is 11.3 Å². The molecule has 6 heteroatoms. The molecule has 1 fully saturated rings. The normalized spacial score (nSPS) is 17.0. The summed E-state index contributed by atoms with van der Waals surface area (Å²) in [5, 5.41) is 2.35. The Kier molecular flexibility index (Phi) is 3.96. The molecule has 1 aromatic heterocycles. The van der Waals surface area contributed by atoms with E-state index < -0.39 is 0 Å². The van der Waals surface area contributed by atoms with Gasteiger partial charge >= 0.3 is 0 Å². The van der Waals surface area contributed by atoms with Gasteiger partial charge in [0.1, 0.15) is 0 Å². The van der Waals surface area contributed by atoms with Gasteiger partial charge < -0.3 is 15.4 Å². The fraction of sp³-hybridized carbons (Fsp3) is 0.636. The average molecular weight is 255 g/mol. The lowest BCUT2D eigenvalue weighted by Gasteiger charge is -2.31. The van der Waals surface area contributed by atoms with E-state index in [0.717, 1.165) is 31.7 Å². The number of amides is 1. The lowest BCUT2D eigenvalue weighted by atomic mass is 10.1. The lowest BCUT2D eigenvalue weighted by molar-refractivity contribution is -0.132. The van der Waals surface area contributed by atoms with Gasteiger partial charge in [-0.05, 0) is 12.8 Å². The number of carbonyl (C=O) groups excluding carboxylic acids is 1. The Bertz CT molecular complexity index is 388. The summed E-state index contributed by atoms with van der Waals surface area (Å²) in [6.45, 7) is 1.48. The van der Waals surface area contributed by atoms with Crippen molar-refractivity contribution in [2.75, 3.05) is 26.0 Å². The van der Waals surface area contributed by atoms with E-state index >= 15 is 0 Å². The van der Waals surface area contributed by atoms with Gasteiger partial charge in [0.15, 0.2) is 5.13 Å². The zero-order valence-corrected chi connectivity index (χ0v) is 10.7. The second-order valence-corrected chi connectivity index (χ2v) is 5.09. The summed E-state index contributed by atoms with van der Waals surface area (Å²) in [7, 11) is 1.86. The number of carbonyl (C=O) groups is 1. The molecule has 0 radical (unpaired) electrons. The molecule has 0 saturated carbocycles. The average Bonchev–Trinajstić information content (AvgIpc) is 2.75. The Morgan fingerprint density at radius 1 is 1.65 bits per heavy atom. The molecule has 1 saturated heterocycles. The molecule has 0 unspecified atom stereocenters. The summed E-state index contributed by atoms with van der Waals surface area (Å²) in [6, 6.07) is 0.298. The third-order valence-electron chi connectivity index (χ3n) is 3.03. The van der Waals surface area contributed by atoms with Crippen LogP contribution in [-0.2, 0) is 16.0 Å². The van der Waals surface area contributed by atoms with Crippen molar-refractivity contribution in [1.29, 1.82) is 0 Å². The Morgan fingerprint density at radius 3 is 2.94 bits per heavy atom. The van der Waals surface area contributed by atoms with E-state index in [2.05, 4.69) is 4.98 Å². The molecule has 94 valence electrons. The van der Waals surface area contributed by atoms with Crippen molar-refractivity contribution in [3.63, 3.8) is 0 Å². The monoisotopic (exact) mass is 255 g/mol. The minimum absolute atomic E-state index is 0.0993. The molecule has 0 atom stereocenters. The molecule has 1 amide bonds. The number of ether oxygens (including phenoxy) is 1. The van der Waals surface area contributed by atoms with Gasteiger partial charge in [0.25, 0.3) is 0 Å². The van der Waals surface area contributed by atoms with Gasteiger partial charge in [-0.1, -0.05) is 0 Å². The van der Waals surface area contributed by atoms with Crippen LogP contribution in [0.25, 0.3) is 0 Å². The highest BCUT2D eigenvalue weighted by Crippen LogP contribution is 2.16. The van der Waals surface area contributed by atoms with E-state index in [1.165, 1.54) is 11.3 Å². The number of nitrogens with two attached hydrogens (primary N) is 1. The zero-order chi connectivity index (χ0) is 12.3.